The Balaban J connectivity index is 1.42. The van der Waals surface area contributed by atoms with E-state index >= 15 is 0 Å². The normalized spacial score (nSPS) is 30.0. The Morgan fingerprint density at radius 2 is 1.71 bits per heavy atom. The van der Waals surface area contributed by atoms with E-state index in [1.54, 1.807) is 0 Å². The molecule has 2 bridgehead atoms. The van der Waals surface area contributed by atoms with Crippen LogP contribution in [-0.2, 0) is 4.79 Å². The van der Waals surface area contributed by atoms with Gasteiger partial charge in [0, 0.05) is 6.42 Å². The molecule has 0 aromatic carbocycles. The van der Waals surface area contributed by atoms with Gasteiger partial charge in [0.1, 0.15) is 6.29 Å². The first-order valence-electron chi connectivity index (χ1n) is 7.52. The van der Waals surface area contributed by atoms with Crippen LogP contribution >= 0.6 is 0 Å². The topological polar surface area (TPSA) is 17.1 Å². The first-order chi connectivity index (χ1) is 8.40. The van der Waals surface area contributed by atoms with Crippen LogP contribution in [0.5, 0.6) is 0 Å². The third-order valence-corrected chi connectivity index (χ3v) is 4.56. The molecule has 1 saturated carbocycles. The summed E-state index contributed by atoms with van der Waals surface area (Å²) in [5.74, 6) is 2.89. The zero-order valence-electron chi connectivity index (χ0n) is 10.9. The summed E-state index contributed by atoms with van der Waals surface area (Å²) in [5, 5.41) is 0. The quantitative estimate of drug-likeness (QED) is 0.326. The Morgan fingerprint density at radius 3 is 2.35 bits per heavy atom. The van der Waals surface area contributed by atoms with Gasteiger partial charge >= 0.3 is 0 Å². The van der Waals surface area contributed by atoms with Crippen molar-refractivity contribution in [3.8, 4) is 0 Å². The van der Waals surface area contributed by atoms with Crippen LogP contribution in [-0.4, -0.2) is 6.29 Å². The number of carbonyl (C=O) groups is 1. The first kappa shape index (κ1) is 12.9. The molecule has 0 amide bonds. The molecule has 0 heterocycles. The number of aldehydes is 1. The van der Waals surface area contributed by atoms with Gasteiger partial charge in [-0.15, -0.1) is 0 Å². The molecule has 0 aromatic heterocycles. The molecule has 2 rings (SSSR count). The molecule has 0 N–H and O–H groups in total. The Hall–Kier alpha value is -0.590. The van der Waals surface area contributed by atoms with Crippen LogP contribution in [0.25, 0.3) is 0 Å². The minimum absolute atomic E-state index is 0.761. The molecule has 17 heavy (non-hydrogen) atoms. The van der Waals surface area contributed by atoms with E-state index in [0.717, 1.165) is 36.9 Å². The van der Waals surface area contributed by atoms with Gasteiger partial charge in [0.15, 0.2) is 0 Å². The number of unbranched alkanes of at least 4 members (excludes halogenated alkanes) is 6. The monoisotopic (exact) mass is 234 g/mol. The van der Waals surface area contributed by atoms with Crippen LogP contribution in [0.4, 0.5) is 0 Å². The van der Waals surface area contributed by atoms with E-state index in [0.29, 0.717) is 0 Å². The van der Waals surface area contributed by atoms with Gasteiger partial charge < -0.3 is 4.79 Å². The Labute approximate surface area is 106 Å². The fourth-order valence-corrected chi connectivity index (χ4v) is 3.57. The lowest BCUT2D eigenvalue weighted by Gasteiger charge is -2.17. The van der Waals surface area contributed by atoms with Crippen molar-refractivity contribution < 1.29 is 4.79 Å². The van der Waals surface area contributed by atoms with E-state index in [9.17, 15) is 4.79 Å². The Morgan fingerprint density at radius 1 is 0.941 bits per heavy atom. The van der Waals surface area contributed by atoms with Gasteiger partial charge in [0.25, 0.3) is 0 Å². The standard InChI is InChI=1S/C16H26O/c17-11-7-5-3-1-2-4-6-8-15-12-14-9-10-16(15)13-14/h9-11,14-16H,1-8,12-13H2. The predicted molar refractivity (Wildman–Crippen MR) is 71.8 cm³/mol. The zero-order valence-corrected chi connectivity index (χ0v) is 10.9. The highest BCUT2D eigenvalue weighted by molar-refractivity contribution is 5.48. The molecular formula is C16H26O. The summed E-state index contributed by atoms with van der Waals surface area (Å²) in [6, 6.07) is 0. The third kappa shape index (κ3) is 3.97. The molecule has 0 spiro atoms. The number of allylic oxidation sites excluding steroid dienone is 2. The van der Waals surface area contributed by atoms with E-state index in [1.165, 1.54) is 51.4 Å². The maximum absolute atomic E-state index is 10.1. The molecule has 0 radical (unpaired) electrons. The van der Waals surface area contributed by atoms with Gasteiger partial charge in [-0.25, -0.2) is 0 Å². The molecule has 0 aliphatic heterocycles. The molecular weight excluding hydrogens is 208 g/mol. The van der Waals surface area contributed by atoms with E-state index in [1.807, 2.05) is 0 Å². The van der Waals surface area contributed by atoms with Gasteiger partial charge in [0.05, 0.1) is 0 Å². The van der Waals surface area contributed by atoms with Crippen LogP contribution in [0.1, 0.15) is 64.2 Å². The van der Waals surface area contributed by atoms with Gasteiger partial charge in [-0.05, 0) is 43.4 Å². The largest absolute Gasteiger partial charge is 0.303 e. The van der Waals surface area contributed by atoms with Crippen molar-refractivity contribution in [3.63, 3.8) is 0 Å². The highest BCUT2D eigenvalue weighted by Crippen LogP contribution is 2.45. The fraction of sp³-hybridized carbons (Fsp3) is 0.812. The molecule has 0 saturated heterocycles. The molecule has 3 unspecified atom stereocenters. The summed E-state index contributed by atoms with van der Waals surface area (Å²) in [6.45, 7) is 0. The number of rotatable bonds is 9. The van der Waals surface area contributed by atoms with Crippen molar-refractivity contribution in [1.29, 1.82) is 0 Å². The van der Waals surface area contributed by atoms with Crippen molar-refractivity contribution in [1.82, 2.24) is 0 Å². The maximum Gasteiger partial charge on any atom is 0.119 e. The van der Waals surface area contributed by atoms with Crippen molar-refractivity contribution in [2.24, 2.45) is 17.8 Å². The van der Waals surface area contributed by atoms with E-state index in [2.05, 4.69) is 12.2 Å². The van der Waals surface area contributed by atoms with Crippen LogP contribution < -0.4 is 0 Å². The molecule has 1 heteroatoms. The van der Waals surface area contributed by atoms with Crippen molar-refractivity contribution >= 4 is 6.29 Å². The summed E-state index contributed by atoms with van der Waals surface area (Å²) in [7, 11) is 0. The lowest BCUT2D eigenvalue weighted by molar-refractivity contribution is -0.107. The summed E-state index contributed by atoms with van der Waals surface area (Å²) in [5.41, 5.74) is 0. The van der Waals surface area contributed by atoms with Crippen molar-refractivity contribution in [2.75, 3.05) is 0 Å². The van der Waals surface area contributed by atoms with E-state index in [-0.39, 0.29) is 0 Å². The second kappa shape index (κ2) is 6.98. The smallest absolute Gasteiger partial charge is 0.119 e. The fourth-order valence-electron chi connectivity index (χ4n) is 3.57. The first-order valence-corrected chi connectivity index (χ1v) is 7.52. The maximum atomic E-state index is 10.1. The molecule has 1 fully saturated rings. The van der Waals surface area contributed by atoms with Gasteiger partial charge in [-0.3, -0.25) is 0 Å². The van der Waals surface area contributed by atoms with Gasteiger partial charge in [-0.1, -0.05) is 44.3 Å². The van der Waals surface area contributed by atoms with Gasteiger partial charge in [0.2, 0.25) is 0 Å². The molecule has 96 valence electrons. The predicted octanol–water partition coefficient (Wildman–Crippen LogP) is 4.52. The van der Waals surface area contributed by atoms with Crippen LogP contribution in [0.15, 0.2) is 12.2 Å². The lowest BCUT2D eigenvalue weighted by atomic mass is 9.88. The molecule has 0 aromatic rings. The second-order valence-electron chi connectivity index (χ2n) is 5.91. The minimum Gasteiger partial charge on any atom is -0.303 e. The lowest BCUT2D eigenvalue weighted by Crippen LogP contribution is -2.06. The van der Waals surface area contributed by atoms with Gasteiger partial charge in [-0.2, -0.15) is 0 Å². The second-order valence-corrected chi connectivity index (χ2v) is 5.91. The number of fused-ring (bicyclic) bond motifs is 2. The average Bonchev–Trinajstić information content (AvgIpc) is 2.94. The SMILES string of the molecule is O=CCCCCCCCCC1CC2C=CC1C2. The average molecular weight is 234 g/mol. The third-order valence-electron chi connectivity index (χ3n) is 4.56. The Kier molecular flexibility index (Phi) is 5.28. The summed E-state index contributed by atoms with van der Waals surface area (Å²) in [4.78, 5) is 10.1. The van der Waals surface area contributed by atoms with Crippen LogP contribution in [0, 0.1) is 17.8 Å². The number of hydrogen-bond donors (Lipinski definition) is 0. The summed E-state index contributed by atoms with van der Waals surface area (Å²) >= 11 is 0. The highest BCUT2D eigenvalue weighted by Gasteiger charge is 2.34. The van der Waals surface area contributed by atoms with Crippen LogP contribution in [0.2, 0.25) is 0 Å². The summed E-state index contributed by atoms with van der Waals surface area (Å²) < 4.78 is 0. The molecule has 2 aliphatic carbocycles. The van der Waals surface area contributed by atoms with Crippen LogP contribution in [0.3, 0.4) is 0 Å². The molecule has 1 nitrogen and oxygen atoms in total. The van der Waals surface area contributed by atoms with Crippen molar-refractivity contribution in [2.45, 2.75) is 64.2 Å². The van der Waals surface area contributed by atoms with E-state index < -0.39 is 0 Å². The Bertz CT molecular complexity index is 256. The van der Waals surface area contributed by atoms with E-state index in [4.69, 9.17) is 0 Å². The minimum atomic E-state index is 0.761. The van der Waals surface area contributed by atoms with Crippen molar-refractivity contribution in [3.05, 3.63) is 12.2 Å². The molecule has 2 aliphatic rings. The number of hydrogen-bond acceptors (Lipinski definition) is 1. The highest BCUT2D eigenvalue weighted by atomic mass is 16.1. The number of carbonyl (C=O) groups excluding carboxylic acids is 1. The zero-order chi connectivity index (χ0) is 11.9. The summed E-state index contributed by atoms with van der Waals surface area (Å²) in [6.07, 6.45) is 19.0. The molecule has 3 atom stereocenters.